The molecule has 1 fully saturated rings. The first-order valence-corrected chi connectivity index (χ1v) is 10.8. The van der Waals surface area contributed by atoms with Crippen LogP contribution < -0.4 is 10.9 Å². The number of aromatic nitrogens is 4. The lowest BCUT2D eigenvalue weighted by atomic mass is 10.1. The number of amides is 1. The normalized spacial score (nSPS) is 13.5. The fourth-order valence-corrected chi connectivity index (χ4v) is 3.89. The summed E-state index contributed by atoms with van der Waals surface area (Å²) >= 11 is 0. The molecular formula is C25H25N5O2. The van der Waals surface area contributed by atoms with Crippen LogP contribution in [0.5, 0.6) is 0 Å². The van der Waals surface area contributed by atoms with Gasteiger partial charge in [-0.05, 0) is 69.0 Å². The van der Waals surface area contributed by atoms with Gasteiger partial charge in [-0.15, -0.1) is 0 Å². The number of anilines is 1. The lowest BCUT2D eigenvalue weighted by Crippen LogP contribution is -2.31. The number of hydrogen-bond acceptors (Lipinski definition) is 4. The van der Waals surface area contributed by atoms with Gasteiger partial charge in [0.2, 0.25) is 5.91 Å². The first-order valence-electron chi connectivity index (χ1n) is 10.8. The number of carbonyl (C=O) groups is 1. The second-order valence-electron chi connectivity index (χ2n) is 8.62. The summed E-state index contributed by atoms with van der Waals surface area (Å²) in [5, 5.41) is 12.7. The summed E-state index contributed by atoms with van der Waals surface area (Å²) in [6.45, 7) is 5.92. The van der Waals surface area contributed by atoms with Gasteiger partial charge in [0, 0.05) is 17.0 Å². The molecule has 0 atom stereocenters. The molecule has 1 N–H and O–H groups in total. The molecule has 2 heterocycles. The monoisotopic (exact) mass is 427 g/mol. The van der Waals surface area contributed by atoms with E-state index >= 15 is 0 Å². The maximum absolute atomic E-state index is 13.4. The summed E-state index contributed by atoms with van der Waals surface area (Å²) in [4.78, 5) is 26.1. The van der Waals surface area contributed by atoms with Crippen molar-refractivity contribution in [2.24, 2.45) is 0 Å². The van der Waals surface area contributed by atoms with Crippen LogP contribution in [0, 0.1) is 20.8 Å². The Morgan fingerprint density at radius 1 is 1.06 bits per heavy atom. The van der Waals surface area contributed by atoms with E-state index in [1.807, 2.05) is 56.3 Å². The average molecular weight is 428 g/mol. The molecule has 0 radical (unpaired) electrons. The van der Waals surface area contributed by atoms with Crippen molar-refractivity contribution in [3.8, 4) is 5.69 Å². The number of aryl methyl sites for hydroxylation is 3. The SMILES string of the molecule is Cc1ccc(NC(=O)Cn2nc(C3CC3)c3cnn(-c4ccc(C)c(C)c4)c3c2=O)cc1. The highest BCUT2D eigenvalue weighted by molar-refractivity contribution is 5.90. The van der Waals surface area contributed by atoms with E-state index in [2.05, 4.69) is 22.4 Å². The van der Waals surface area contributed by atoms with Crippen molar-refractivity contribution >= 4 is 22.5 Å². The predicted octanol–water partition coefficient (Wildman–Crippen LogP) is 4.02. The molecule has 1 aliphatic rings. The van der Waals surface area contributed by atoms with Gasteiger partial charge in [0.25, 0.3) is 5.56 Å². The molecule has 5 rings (SSSR count). The van der Waals surface area contributed by atoms with Crippen LogP contribution in [0.1, 0.15) is 41.1 Å². The zero-order valence-electron chi connectivity index (χ0n) is 18.4. The topological polar surface area (TPSA) is 81.8 Å². The summed E-state index contributed by atoms with van der Waals surface area (Å²) < 4.78 is 2.95. The first-order chi connectivity index (χ1) is 15.4. The minimum atomic E-state index is -0.320. The number of carbonyl (C=O) groups excluding carboxylic acids is 1. The van der Waals surface area contributed by atoms with Crippen LogP contribution in [-0.4, -0.2) is 25.5 Å². The van der Waals surface area contributed by atoms with Crippen molar-refractivity contribution in [3.05, 3.63) is 81.4 Å². The maximum atomic E-state index is 13.4. The van der Waals surface area contributed by atoms with E-state index in [4.69, 9.17) is 0 Å². The maximum Gasteiger partial charge on any atom is 0.293 e. The van der Waals surface area contributed by atoms with Crippen LogP contribution in [0.15, 0.2) is 53.5 Å². The quantitative estimate of drug-likeness (QED) is 0.521. The Bertz CT molecular complexity index is 1390. The summed E-state index contributed by atoms with van der Waals surface area (Å²) in [6, 6.07) is 13.6. The van der Waals surface area contributed by atoms with Crippen molar-refractivity contribution in [1.82, 2.24) is 19.6 Å². The molecular weight excluding hydrogens is 402 g/mol. The Morgan fingerprint density at radius 2 is 1.81 bits per heavy atom. The van der Waals surface area contributed by atoms with Gasteiger partial charge in [-0.25, -0.2) is 9.36 Å². The summed E-state index contributed by atoms with van der Waals surface area (Å²) in [5.41, 5.74) is 5.92. The molecule has 0 bridgehead atoms. The molecule has 0 saturated heterocycles. The number of nitrogens with one attached hydrogen (secondary N) is 1. The van der Waals surface area contributed by atoms with Crippen molar-refractivity contribution in [1.29, 1.82) is 0 Å². The van der Waals surface area contributed by atoms with Crippen LogP contribution in [-0.2, 0) is 11.3 Å². The van der Waals surface area contributed by atoms with Crippen LogP contribution in [0.2, 0.25) is 0 Å². The van der Waals surface area contributed by atoms with Crippen LogP contribution in [0.3, 0.4) is 0 Å². The molecule has 2 aromatic heterocycles. The van der Waals surface area contributed by atoms with Crippen LogP contribution in [0.4, 0.5) is 5.69 Å². The zero-order chi connectivity index (χ0) is 22.4. The minimum Gasteiger partial charge on any atom is -0.324 e. The number of hydrogen-bond donors (Lipinski definition) is 1. The van der Waals surface area contributed by atoms with Crippen LogP contribution >= 0.6 is 0 Å². The zero-order valence-corrected chi connectivity index (χ0v) is 18.4. The molecule has 162 valence electrons. The van der Waals surface area contributed by atoms with E-state index in [-0.39, 0.29) is 18.0 Å². The number of benzene rings is 2. The van der Waals surface area contributed by atoms with Gasteiger partial charge in [0.05, 0.1) is 17.6 Å². The van der Waals surface area contributed by atoms with Gasteiger partial charge >= 0.3 is 0 Å². The van der Waals surface area contributed by atoms with Gasteiger partial charge in [-0.2, -0.15) is 10.2 Å². The molecule has 0 spiro atoms. The summed E-state index contributed by atoms with van der Waals surface area (Å²) in [5.74, 6) is 0.0173. The Morgan fingerprint density at radius 3 is 2.50 bits per heavy atom. The van der Waals surface area contributed by atoms with Crippen molar-refractivity contribution < 1.29 is 4.79 Å². The number of rotatable bonds is 5. The molecule has 7 heteroatoms. The molecule has 1 amide bonds. The smallest absolute Gasteiger partial charge is 0.293 e. The highest BCUT2D eigenvalue weighted by Crippen LogP contribution is 2.41. The Balaban J connectivity index is 1.56. The van der Waals surface area contributed by atoms with Crippen LogP contribution in [0.25, 0.3) is 16.6 Å². The fraction of sp³-hybridized carbons (Fsp3) is 0.280. The predicted molar refractivity (Wildman–Crippen MR) is 124 cm³/mol. The fourth-order valence-electron chi connectivity index (χ4n) is 3.89. The van der Waals surface area contributed by atoms with E-state index < -0.39 is 0 Å². The van der Waals surface area contributed by atoms with Gasteiger partial charge in [0.1, 0.15) is 12.1 Å². The van der Waals surface area contributed by atoms with Gasteiger partial charge < -0.3 is 5.32 Å². The number of nitrogens with zero attached hydrogens (tertiary/aromatic N) is 4. The van der Waals surface area contributed by atoms with E-state index in [1.165, 1.54) is 10.2 Å². The van der Waals surface area contributed by atoms with E-state index in [0.717, 1.165) is 40.7 Å². The molecule has 7 nitrogen and oxygen atoms in total. The van der Waals surface area contributed by atoms with E-state index in [9.17, 15) is 9.59 Å². The molecule has 2 aromatic carbocycles. The number of fused-ring (bicyclic) bond motifs is 1. The Labute approximate surface area is 185 Å². The standard InChI is InChI=1S/C25H25N5O2/c1-15-4-9-19(10-5-15)27-22(31)14-29-25(32)24-21(23(28-29)18-7-8-18)13-26-30(24)20-11-6-16(2)17(3)12-20/h4-6,9-13,18H,7-8,14H2,1-3H3,(H,27,31). The highest BCUT2D eigenvalue weighted by Gasteiger charge is 2.30. The third-order valence-corrected chi connectivity index (χ3v) is 6.04. The van der Waals surface area contributed by atoms with Gasteiger partial charge in [0.15, 0.2) is 0 Å². The molecule has 4 aromatic rings. The van der Waals surface area contributed by atoms with Gasteiger partial charge in [-0.3, -0.25) is 9.59 Å². The Kier molecular flexibility index (Phi) is 4.89. The first kappa shape index (κ1) is 20.2. The molecule has 32 heavy (non-hydrogen) atoms. The Hall–Kier alpha value is -3.74. The lowest BCUT2D eigenvalue weighted by Gasteiger charge is -2.11. The van der Waals surface area contributed by atoms with Crippen molar-refractivity contribution in [2.45, 2.75) is 46.1 Å². The lowest BCUT2D eigenvalue weighted by molar-refractivity contribution is -0.117. The molecule has 0 unspecified atom stereocenters. The largest absolute Gasteiger partial charge is 0.324 e. The summed E-state index contributed by atoms with van der Waals surface area (Å²) in [6.07, 6.45) is 3.79. The highest BCUT2D eigenvalue weighted by atomic mass is 16.2. The van der Waals surface area contributed by atoms with E-state index in [0.29, 0.717) is 17.1 Å². The third-order valence-electron chi connectivity index (χ3n) is 6.04. The summed E-state index contributed by atoms with van der Waals surface area (Å²) in [7, 11) is 0. The average Bonchev–Trinajstić information content (AvgIpc) is 3.51. The molecule has 1 saturated carbocycles. The van der Waals surface area contributed by atoms with Crippen molar-refractivity contribution in [3.63, 3.8) is 0 Å². The molecule has 0 aliphatic heterocycles. The molecule has 1 aliphatic carbocycles. The second kappa shape index (κ2) is 7.75. The third kappa shape index (κ3) is 3.70. The van der Waals surface area contributed by atoms with Crippen molar-refractivity contribution in [2.75, 3.05) is 5.32 Å². The van der Waals surface area contributed by atoms with Gasteiger partial charge in [-0.1, -0.05) is 23.8 Å². The minimum absolute atomic E-state index is 0.152. The second-order valence-corrected chi connectivity index (χ2v) is 8.62. The van der Waals surface area contributed by atoms with E-state index in [1.54, 1.807) is 10.9 Å².